The van der Waals surface area contributed by atoms with Crippen molar-refractivity contribution < 1.29 is 9.90 Å². The minimum Gasteiger partial charge on any atom is -0.508 e. The number of aromatic hydroxyl groups is 1. The normalized spacial score (nSPS) is 37.8. The van der Waals surface area contributed by atoms with E-state index in [1.807, 2.05) is 12.1 Å². The van der Waals surface area contributed by atoms with Crippen LogP contribution in [0.1, 0.15) is 61.6 Å². The second-order valence-corrected chi connectivity index (χ2v) is 7.67. The number of carbonyl (C=O) groups is 1. The van der Waals surface area contributed by atoms with Crippen molar-refractivity contribution in [2.24, 2.45) is 17.3 Å². The SMILES string of the molecule is Cc1cc(O)cc2c1[C@@H]1CC[C@]3(C)C(=O)CC[C@@H]3[C@@H]1CC2. The number of aryl methyl sites for hydroxylation is 2. The Labute approximate surface area is 126 Å². The summed E-state index contributed by atoms with van der Waals surface area (Å²) in [6.45, 7) is 4.36. The van der Waals surface area contributed by atoms with Crippen molar-refractivity contribution in [3.05, 3.63) is 28.8 Å². The van der Waals surface area contributed by atoms with Crippen LogP contribution in [0.15, 0.2) is 12.1 Å². The van der Waals surface area contributed by atoms with E-state index in [0.29, 0.717) is 29.3 Å². The van der Waals surface area contributed by atoms with Crippen LogP contribution >= 0.6 is 0 Å². The van der Waals surface area contributed by atoms with Gasteiger partial charge in [-0.3, -0.25) is 4.79 Å². The van der Waals surface area contributed by atoms with Gasteiger partial charge < -0.3 is 5.11 Å². The van der Waals surface area contributed by atoms with E-state index in [1.165, 1.54) is 23.1 Å². The summed E-state index contributed by atoms with van der Waals surface area (Å²) in [6.07, 6.45) is 6.34. The summed E-state index contributed by atoms with van der Waals surface area (Å²) in [5.41, 5.74) is 4.04. The van der Waals surface area contributed by atoms with Crippen molar-refractivity contribution in [2.45, 2.75) is 58.3 Å². The first kappa shape index (κ1) is 13.4. The highest BCUT2D eigenvalue weighted by Crippen LogP contribution is 2.60. The molecular formula is C19H24O2. The Morgan fingerprint density at radius 1 is 1.19 bits per heavy atom. The third-order valence-corrected chi connectivity index (χ3v) is 6.72. The highest BCUT2D eigenvalue weighted by atomic mass is 16.3. The van der Waals surface area contributed by atoms with Gasteiger partial charge in [0.25, 0.3) is 0 Å². The molecule has 2 heteroatoms. The lowest BCUT2D eigenvalue weighted by Gasteiger charge is -2.48. The fourth-order valence-electron chi connectivity index (χ4n) is 5.73. The smallest absolute Gasteiger partial charge is 0.139 e. The summed E-state index contributed by atoms with van der Waals surface area (Å²) in [6, 6.07) is 3.88. The second kappa shape index (κ2) is 4.34. The number of ketones is 1. The number of phenolic OH excluding ortho intramolecular Hbond substituents is 1. The Morgan fingerprint density at radius 2 is 2.00 bits per heavy atom. The van der Waals surface area contributed by atoms with Gasteiger partial charge in [-0.2, -0.15) is 0 Å². The third-order valence-electron chi connectivity index (χ3n) is 6.72. The first-order valence-corrected chi connectivity index (χ1v) is 8.36. The fraction of sp³-hybridized carbons (Fsp3) is 0.632. The Morgan fingerprint density at radius 3 is 2.81 bits per heavy atom. The van der Waals surface area contributed by atoms with Gasteiger partial charge in [0.15, 0.2) is 0 Å². The van der Waals surface area contributed by atoms with Crippen LogP contribution in [0.3, 0.4) is 0 Å². The van der Waals surface area contributed by atoms with E-state index < -0.39 is 0 Å². The lowest BCUT2D eigenvalue weighted by Crippen LogP contribution is -2.42. The summed E-state index contributed by atoms with van der Waals surface area (Å²) < 4.78 is 0. The van der Waals surface area contributed by atoms with Gasteiger partial charge in [-0.25, -0.2) is 0 Å². The van der Waals surface area contributed by atoms with Gasteiger partial charge in [0.05, 0.1) is 0 Å². The largest absolute Gasteiger partial charge is 0.508 e. The zero-order valence-electron chi connectivity index (χ0n) is 13.0. The van der Waals surface area contributed by atoms with Crippen molar-refractivity contribution in [3.63, 3.8) is 0 Å². The molecule has 4 rings (SSSR count). The van der Waals surface area contributed by atoms with Crippen molar-refractivity contribution in [1.82, 2.24) is 0 Å². The Hall–Kier alpha value is -1.31. The summed E-state index contributed by atoms with van der Waals surface area (Å²) in [4.78, 5) is 12.3. The zero-order chi connectivity index (χ0) is 14.8. The molecule has 0 unspecified atom stereocenters. The number of carbonyl (C=O) groups excluding carboxylic acids is 1. The summed E-state index contributed by atoms with van der Waals surface area (Å²) >= 11 is 0. The number of phenols is 1. The van der Waals surface area contributed by atoms with Crippen LogP contribution in [-0.4, -0.2) is 10.9 Å². The molecule has 0 bridgehead atoms. The monoisotopic (exact) mass is 284 g/mol. The molecule has 3 aliphatic rings. The summed E-state index contributed by atoms with van der Waals surface area (Å²) in [5.74, 6) is 2.79. The van der Waals surface area contributed by atoms with E-state index in [1.54, 1.807) is 0 Å². The van der Waals surface area contributed by atoms with E-state index in [-0.39, 0.29) is 5.41 Å². The molecule has 3 aliphatic carbocycles. The lowest BCUT2D eigenvalue weighted by molar-refractivity contribution is -0.129. The van der Waals surface area contributed by atoms with Crippen LogP contribution in [-0.2, 0) is 11.2 Å². The van der Waals surface area contributed by atoms with Crippen LogP contribution in [0.4, 0.5) is 0 Å². The molecule has 112 valence electrons. The van der Waals surface area contributed by atoms with Crippen molar-refractivity contribution in [3.8, 4) is 5.75 Å². The molecule has 0 amide bonds. The Balaban J connectivity index is 1.77. The highest BCUT2D eigenvalue weighted by molar-refractivity contribution is 5.87. The number of benzene rings is 1. The van der Waals surface area contributed by atoms with Crippen molar-refractivity contribution in [2.75, 3.05) is 0 Å². The second-order valence-electron chi connectivity index (χ2n) is 7.67. The summed E-state index contributed by atoms with van der Waals surface area (Å²) in [7, 11) is 0. The topological polar surface area (TPSA) is 37.3 Å². The quantitative estimate of drug-likeness (QED) is 0.778. The minimum absolute atomic E-state index is 0.0382. The molecule has 0 saturated heterocycles. The van der Waals surface area contributed by atoms with Crippen LogP contribution < -0.4 is 0 Å². The van der Waals surface area contributed by atoms with Crippen LogP contribution in [0.2, 0.25) is 0 Å². The van der Waals surface area contributed by atoms with Gasteiger partial charge in [-0.05, 0) is 85.6 Å². The first-order valence-electron chi connectivity index (χ1n) is 8.36. The molecule has 1 N–H and O–H groups in total. The van der Waals surface area contributed by atoms with Gasteiger partial charge in [0.2, 0.25) is 0 Å². The molecule has 2 nitrogen and oxygen atoms in total. The van der Waals surface area contributed by atoms with Gasteiger partial charge in [0.1, 0.15) is 11.5 Å². The first-order chi connectivity index (χ1) is 10.0. The lowest BCUT2D eigenvalue weighted by atomic mass is 9.55. The van der Waals surface area contributed by atoms with Gasteiger partial charge in [-0.1, -0.05) is 6.92 Å². The number of hydrogen-bond donors (Lipinski definition) is 1. The summed E-state index contributed by atoms with van der Waals surface area (Å²) in [5, 5.41) is 9.85. The van der Waals surface area contributed by atoms with Crippen LogP contribution in [0.25, 0.3) is 0 Å². The zero-order valence-corrected chi connectivity index (χ0v) is 13.0. The molecule has 0 spiro atoms. The van der Waals surface area contributed by atoms with Gasteiger partial charge >= 0.3 is 0 Å². The highest BCUT2D eigenvalue weighted by Gasteiger charge is 2.54. The standard InChI is InChI=1S/C19H24O2/c1-11-9-13(20)10-12-3-4-14-15(18(11)12)7-8-19(2)16(14)5-6-17(19)21/h9-10,14-16,20H,3-8H2,1-2H3/t14-,15-,16-,19+/m1/s1. The molecule has 21 heavy (non-hydrogen) atoms. The molecule has 0 aliphatic heterocycles. The van der Waals surface area contributed by atoms with Crippen molar-refractivity contribution >= 4 is 5.78 Å². The molecule has 0 radical (unpaired) electrons. The minimum atomic E-state index is -0.0382. The van der Waals surface area contributed by atoms with Crippen LogP contribution in [0, 0.1) is 24.2 Å². The molecule has 0 aromatic heterocycles. The number of hydrogen-bond acceptors (Lipinski definition) is 2. The van der Waals surface area contributed by atoms with E-state index >= 15 is 0 Å². The average Bonchev–Trinajstić information content (AvgIpc) is 2.74. The molecule has 0 heterocycles. The predicted octanol–water partition coefficient (Wildman–Crippen LogP) is 4.13. The maximum atomic E-state index is 12.3. The molecule has 1 aromatic carbocycles. The fourth-order valence-corrected chi connectivity index (χ4v) is 5.73. The average molecular weight is 284 g/mol. The van der Waals surface area contributed by atoms with Gasteiger partial charge in [0, 0.05) is 11.8 Å². The molecule has 2 fully saturated rings. The van der Waals surface area contributed by atoms with E-state index in [2.05, 4.69) is 13.8 Å². The maximum absolute atomic E-state index is 12.3. The Kier molecular flexibility index (Phi) is 2.76. The molecule has 2 saturated carbocycles. The van der Waals surface area contributed by atoms with E-state index in [0.717, 1.165) is 32.1 Å². The number of fused-ring (bicyclic) bond motifs is 5. The van der Waals surface area contributed by atoms with Gasteiger partial charge in [-0.15, -0.1) is 0 Å². The maximum Gasteiger partial charge on any atom is 0.139 e. The predicted molar refractivity (Wildman–Crippen MR) is 82.5 cm³/mol. The molecule has 1 aromatic rings. The third kappa shape index (κ3) is 1.74. The van der Waals surface area contributed by atoms with E-state index in [4.69, 9.17) is 0 Å². The number of rotatable bonds is 0. The van der Waals surface area contributed by atoms with Crippen LogP contribution in [0.5, 0.6) is 5.75 Å². The molecular weight excluding hydrogens is 260 g/mol. The number of Topliss-reactive ketones (excluding diaryl/α,β-unsaturated/α-hetero) is 1. The van der Waals surface area contributed by atoms with E-state index in [9.17, 15) is 9.90 Å². The Bertz CT molecular complexity index is 618. The molecule has 4 atom stereocenters. The van der Waals surface area contributed by atoms with Crippen molar-refractivity contribution in [1.29, 1.82) is 0 Å².